The van der Waals surface area contributed by atoms with Crippen LogP contribution in [0.1, 0.15) is 18.2 Å². The van der Waals surface area contributed by atoms with E-state index >= 15 is 0 Å². The fraction of sp³-hybridized carbons (Fsp3) is 0.176. The molecule has 0 aliphatic heterocycles. The van der Waals surface area contributed by atoms with Crippen LogP contribution in [0, 0.1) is 0 Å². The third kappa shape index (κ3) is 6.82. The van der Waals surface area contributed by atoms with Crippen LogP contribution in [-0.2, 0) is 20.7 Å². The summed E-state index contributed by atoms with van der Waals surface area (Å²) in [5.74, 6) is -0.675. The van der Waals surface area contributed by atoms with E-state index < -0.39 is 0 Å². The van der Waals surface area contributed by atoms with Crippen LogP contribution in [-0.4, -0.2) is 28.6 Å². The number of thiazole rings is 1. The molecule has 2 aromatic rings. The lowest BCUT2D eigenvalue weighted by atomic mass is 10.2. The molecule has 1 aromatic heterocycles. The Morgan fingerprint density at radius 1 is 1.32 bits per heavy atom. The first-order chi connectivity index (χ1) is 12.1. The number of rotatable bonds is 6. The molecule has 25 heavy (non-hydrogen) atoms. The number of carbonyl (C=O) groups excluding carboxylic acids is 2. The highest BCUT2D eigenvalue weighted by Gasteiger charge is 2.09. The molecular weight excluding hydrogens is 358 g/mol. The van der Waals surface area contributed by atoms with Crippen molar-refractivity contribution in [2.24, 2.45) is 0 Å². The summed E-state index contributed by atoms with van der Waals surface area (Å²) in [5.41, 5.74) is 1.50. The Hall–Kier alpha value is -2.58. The van der Waals surface area contributed by atoms with Gasteiger partial charge >= 0.3 is 5.97 Å². The van der Waals surface area contributed by atoms with Gasteiger partial charge in [-0.25, -0.2) is 4.98 Å². The monoisotopic (exact) mass is 375 g/mol. The van der Waals surface area contributed by atoms with Crippen molar-refractivity contribution in [3.05, 3.63) is 53.0 Å². The number of nitrogens with zero attached hydrogens (tertiary/aromatic N) is 1. The zero-order chi connectivity index (χ0) is 18.1. The molecule has 0 saturated carbocycles. The molecule has 0 bridgehead atoms. The molecule has 1 aromatic carbocycles. The van der Waals surface area contributed by atoms with E-state index in [1.54, 1.807) is 18.4 Å². The third-order valence-electron chi connectivity index (χ3n) is 2.87. The molecule has 130 valence electrons. The molecule has 1 amide bonds. The van der Waals surface area contributed by atoms with E-state index in [-0.39, 0.29) is 23.4 Å². The minimum atomic E-state index is -0.343. The summed E-state index contributed by atoms with van der Waals surface area (Å²) >= 11 is 6.37. The van der Waals surface area contributed by atoms with E-state index in [4.69, 9.17) is 17.0 Å². The molecule has 8 heteroatoms. The molecule has 0 radical (unpaired) electrons. The summed E-state index contributed by atoms with van der Waals surface area (Å²) in [6.45, 7) is 2.08. The van der Waals surface area contributed by atoms with Gasteiger partial charge < -0.3 is 10.1 Å². The molecular formula is C17H17N3O3S2. The highest BCUT2D eigenvalue weighted by Crippen LogP contribution is 2.16. The van der Waals surface area contributed by atoms with Gasteiger partial charge in [-0.3, -0.25) is 14.9 Å². The number of hydrogen-bond donors (Lipinski definition) is 2. The SMILES string of the molecule is CCOC(=O)Cc1csc(NC(=S)NC(=O)C=Cc2ccccc2)n1. The first kappa shape index (κ1) is 18.8. The Labute approximate surface area is 154 Å². The van der Waals surface area contributed by atoms with Crippen LogP contribution in [0.3, 0.4) is 0 Å². The number of aromatic nitrogens is 1. The van der Waals surface area contributed by atoms with Crippen LogP contribution in [0.5, 0.6) is 0 Å². The predicted octanol–water partition coefficient (Wildman–Crippen LogP) is 2.78. The zero-order valence-corrected chi connectivity index (χ0v) is 15.2. The summed E-state index contributed by atoms with van der Waals surface area (Å²) in [5, 5.41) is 7.73. The lowest BCUT2D eigenvalue weighted by Crippen LogP contribution is -2.32. The zero-order valence-electron chi connectivity index (χ0n) is 13.5. The lowest BCUT2D eigenvalue weighted by molar-refractivity contribution is -0.142. The summed E-state index contributed by atoms with van der Waals surface area (Å²) in [7, 11) is 0. The molecule has 1 heterocycles. The fourth-order valence-electron chi connectivity index (χ4n) is 1.82. The maximum Gasteiger partial charge on any atom is 0.311 e. The Kier molecular flexibility index (Phi) is 7.24. The van der Waals surface area contributed by atoms with Gasteiger partial charge in [0.05, 0.1) is 18.7 Å². The molecule has 6 nitrogen and oxygen atoms in total. The van der Waals surface area contributed by atoms with Crippen LogP contribution >= 0.6 is 23.6 Å². The number of ether oxygens (including phenoxy) is 1. The number of anilines is 1. The second kappa shape index (κ2) is 9.65. The number of hydrogen-bond acceptors (Lipinski definition) is 6. The van der Waals surface area contributed by atoms with Crippen molar-refractivity contribution < 1.29 is 14.3 Å². The van der Waals surface area contributed by atoms with Crippen molar-refractivity contribution in [2.45, 2.75) is 13.3 Å². The predicted molar refractivity (Wildman–Crippen MR) is 102 cm³/mol. The molecule has 0 fully saturated rings. The standard InChI is InChI=1S/C17H17N3O3S2/c1-2-23-15(22)10-13-11-25-17(18-13)20-16(24)19-14(21)9-8-12-6-4-3-5-7-12/h3-9,11H,2,10H2,1H3,(H2,18,19,20,21,24). The maximum absolute atomic E-state index is 11.8. The topological polar surface area (TPSA) is 80.3 Å². The Bertz CT molecular complexity index is 772. The summed E-state index contributed by atoms with van der Waals surface area (Å²) in [4.78, 5) is 27.5. The van der Waals surface area contributed by atoms with Gasteiger partial charge in [0.15, 0.2) is 10.2 Å². The Balaban J connectivity index is 1.82. The lowest BCUT2D eigenvalue weighted by Gasteiger charge is -2.04. The van der Waals surface area contributed by atoms with E-state index in [0.717, 1.165) is 5.56 Å². The van der Waals surface area contributed by atoms with Gasteiger partial charge in [0.1, 0.15) is 0 Å². The van der Waals surface area contributed by atoms with Gasteiger partial charge in [-0.05, 0) is 30.8 Å². The summed E-state index contributed by atoms with van der Waals surface area (Å²) < 4.78 is 4.87. The molecule has 0 aliphatic rings. The van der Waals surface area contributed by atoms with Crippen molar-refractivity contribution in [3.8, 4) is 0 Å². The van der Waals surface area contributed by atoms with Gasteiger partial charge in [-0.2, -0.15) is 0 Å². The van der Waals surface area contributed by atoms with E-state index in [2.05, 4.69) is 15.6 Å². The molecule has 2 N–H and O–H groups in total. The largest absolute Gasteiger partial charge is 0.466 e. The van der Waals surface area contributed by atoms with Gasteiger partial charge in [-0.1, -0.05) is 30.3 Å². The highest BCUT2D eigenvalue weighted by atomic mass is 32.1. The van der Waals surface area contributed by atoms with Gasteiger partial charge in [0.2, 0.25) is 5.91 Å². The smallest absolute Gasteiger partial charge is 0.311 e. The van der Waals surface area contributed by atoms with Crippen molar-refractivity contribution in [3.63, 3.8) is 0 Å². The molecule has 0 saturated heterocycles. The van der Waals surface area contributed by atoms with E-state index in [1.165, 1.54) is 17.4 Å². The number of nitrogens with one attached hydrogen (secondary N) is 2. The van der Waals surface area contributed by atoms with Gasteiger partial charge in [-0.15, -0.1) is 11.3 Å². The molecule has 2 rings (SSSR count). The second-order valence-electron chi connectivity index (χ2n) is 4.81. The minimum Gasteiger partial charge on any atom is -0.466 e. The van der Waals surface area contributed by atoms with Crippen LogP contribution in [0.4, 0.5) is 5.13 Å². The van der Waals surface area contributed by atoms with Crippen molar-refractivity contribution in [1.82, 2.24) is 10.3 Å². The Morgan fingerprint density at radius 2 is 2.08 bits per heavy atom. The average Bonchev–Trinajstić information content (AvgIpc) is 3.00. The maximum atomic E-state index is 11.8. The second-order valence-corrected chi connectivity index (χ2v) is 6.08. The average molecular weight is 375 g/mol. The van der Waals surface area contributed by atoms with E-state index in [9.17, 15) is 9.59 Å². The molecule has 0 unspecified atom stereocenters. The number of esters is 1. The minimum absolute atomic E-state index is 0.102. The van der Waals surface area contributed by atoms with Crippen LogP contribution < -0.4 is 10.6 Å². The van der Waals surface area contributed by atoms with E-state index in [1.807, 2.05) is 30.3 Å². The van der Waals surface area contributed by atoms with Gasteiger partial charge in [0.25, 0.3) is 0 Å². The fourth-order valence-corrected chi connectivity index (χ4v) is 2.80. The summed E-state index contributed by atoms with van der Waals surface area (Å²) in [6.07, 6.45) is 3.20. The molecule has 0 aliphatic carbocycles. The highest BCUT2D eigenvalue weighted by molar-refractivity contribution is 7.80. The third-order valence-corrected chi connectivity index (χ3v) is 3.88. The molecule has 0 spiro atoms. The van der Waals surface area contributed by atoms with Crippen molar-refractivity contribution in [1.29, 1.82) is 0 Å². The van der Waals surface area contributed by atoms with E-state index in [0.29, 0.717) is 17.4 Å². The number of benzene rings is 1. The van der Waals surface area contributed by atoms with Crippen LogP contribution in [0.2, 0.25) is 0 Å². The quantitative estimate of drug-likeness (QED) is 0.459. The van der Waals surface area contributed by atoms with Crippen molar-refractivity contribution >= 4 is 51.8 Å². The normalized spacial score (nSPS) is 10.4. The van der Waals surface area contributed by atoms with Gasteiger partial charge in [0, 0.05) is 11.5 Å². The number of amides is 1. The first-order valence-electron chi connectivity index (χ1n) is 7.52. The number of thiocarbonyl (C=S) groups is 1. The molecule has 0 atom stereocenters. The van der Waals surface area contributed by atoms with Crippen LogP contribution in [0.15, 0.2) is 41.8 Å². The van der Waals surface area contributed by atoms with Crippen LogP contribution in [0.25, 0.3) is 6.08 Å². The number of carbonyl (C=O) groups is 2. The van der Waals surface area contributed by atoms with Crippen molar-refractivity contribution in [2.75, 3.05) is 11.9 Å². The Morgan fingerprint density at radius 3 is 2.80 bits per heavy atom. The summed E-state index contributed by atoms with van der Waals surface area (Å²) in [6, 6.07) is 9.46. The first-order valence-corrected chi connectivity index (χ1v) is 8.80.